The molecule has 0 saturated carbocycles. The molecule has 1 fully saturated rings. The minimum Gasteiger partial charge on any atom is -0.489 e. The number of likely N-dealkylation sites (tertiary alicyclic amines) is 1. The highest BCUT2D eigenvalue weighted by molar-refractivity contribution is 7.12. The summed E-state index contributed by atoms with van der Waals surface area (Å²) in [7, 11) is 0. The number of aromatic amines is 2. The fourth-order valence-corrected chi connectivity index (χ4v) is 5.76. The number of para-hydroxylation sites is 1. The molecule has 1 atom stereocenters. The number of nitrogens with one attached hydrogen (secondary N) is 4. The summed E-state index contributed by atoms with van der Waals surface area (Å²) in [6.45, 7) is 4.81. The van der Waals surface area contributed by atoms with Gasteiger partial charge in [0.15, 0.2) is 0 Å². The van der Waals surface area contributed by atoms with Crippen molar-refractivity contribution in [2.75, 3.05) is 38.1 Å². The van der Waals surface area contributed by atoms with Gasteiger partial charge < -0.3 is 35.3 Å². The zero-order valence-electron chi connectivity index (χ0n) is 22.0. The number of amides is 1. The normalized spacial score (nSPS) is 15.0. The van der Waals surface area contributed by atoms with Crippen molar-refractivity contribution >= 4 is 34.0 Å². The number of aromatic nitrogens is 2. The summed E-state index contributed by atoms with van der Waals surface area (Å²) in [6, 6.07) is 16.2. The molecule has 206 valence electrons. The van der Waals surface area contributed by atoms with Gasteiger partial charge in [-0.1, -0.05) is 18.2 Å². The topological polar surface area (TPSA) is 122 Å². The number of carbonyl (C=O) groups excluding carboxylic acids is 1. The number of aryl methyl sites for hydroxylation is 1. The van der Waals surface area contributed by atoms with E-state index < -0.39 is 6.10 Å². The summed E-state index contributed by atoms with van der Waals surface area (Å²) >= 11 is 1.53. The molecule has 5 N–H and O–H groups in total. The first kappa shape index (κ1) is 27.0. The number of carbonyl (C=O) groups is 1. The molecule has 2 aromatic heterocycles. The molecule has 0 radical (unpaired) electrons. The van der Waals surface area contributed by atoms with Crippen molar-refractivity contribution in [1.82, 2.24) is 20.2 Å². The predicted octanol–water partition coefficient (Wildman–Crippen LogP) is 3.51. The minimum atomic E-state index is -0.673. The Kier molecular flexibility index (Phi) is 8.65. The number of fused-ring (bicyclic) bond motifs is 1. The van der Waals surface area contributed by atoms with Crippen LogP contribution in [0.5, 0.6) is 5.75 Å². The molecule has 0 spiro atoms. The van der Waals surface area contributed by atoms with Crippen molar-refractivity contribution in [2.24, 2.45) is 0 Å². The molecule has 0 unspecified atom stereocenters. The molecule has 3 heterocycles. The van der Waals surface area contributed by atoms with Gasteiger partial charge in [-0.15, -0.1) is 11.3 Å². The van der Waals surface area contributed by atoms with Crippen LogP contribution in [0.4, 0.5) is 5.69 Å². The maximum absolute atomic E-state index is 12.7. The number of rotatable bonds is 11. The van der Waals surface area contributed by atoms with Gasteiger partial charge in [0.2, 0.25) is 0 Å². The molecule has 5 rings (SSSR count). The molecule has 9 nitrogen and oxygen atoms in total. The van der Waals surface area contributed by atoms with Crippen molar-refractivity contribution in [3.05, 3.63) is 80.4 Å². The lowest BCUT2D eigenvalue weighted by atomic mass is 10.0. The third kappa shape index (κ3) is 6.89. The summed E-state index contributed by atoms with van der Waals surface area (Å²) in [5.41, 5.74) is 4.36. The van der Waals surface area contributed by atoms with Gasteiger partial charge in [-0.05, 0) is 79.6 Å². The number of hydrogen-bond acceptors (Lipinski definition) is 7. The van der Waals surface area contributed by atoms with Gasteiger partial charge in [-0.3, -0.25) is 4.79 Å². The first-order chi connectivity index (χ1) is 19.0. The van der Waals surface area contributed by atoms with Crippen molar-refractivity contribution in [2.45, 2.75) is 38.3 Å². The molecule has 10 heteroatoms. The lowest BCUT2D eigenvalue weighted by molar-refractivity contribution is 0.0722. The number of benzene rings is 2. The molecule has 4 aromatic rings. The van der Waals surface area contributed by atoms with Crippen LogP contribution in [-0.2, 0) is 6.42 Å². The molecule has 1 aliphatic heterocycles. The zero-order valence-corrected chi connectivity index (χ0v) is 22.9. The van der Waals surface area contributed by atoms with E-state index in [0.29, 0.717) is 29.4 Å². The smallest absolute Gasteiger partial charge is 0.323 e. The highest BCUT2D eigenvalue weighted by atomic mass is 32.1. The average molecular weight is 550 g/mol. The summed E-state index contributed by atoms with van der Waals surface area (Å²) < 4.78 is 5.72. The van der Waals surface area contributed by atoms with Gasteiger partial charge >= 0.3 is 5.69 Å². The first-order valence-electron chi connectivity index (χ1n) is 13.4. The number of H-pyrrole nitrogens is 2. The maximum Gasteiger partial charge on any atom is 0.323 e. The molecule has 0 aliphatic carbocycles. The molecule has 0 bridgehead atoms. The van der Waals surface area contributed by atoms with Crippen LogP contribution in [0.1, 0.15) is 33.6 Å². The molecular formula is C29H35N5O4S. The highest BCUT2D eigenvalue weighted by Gasteiger charge is 2.25. The molecule has 39 heavy (non-hydrogen) atoms. The third-order valence-corrected chi connectivity index (χ3v) is 8.08. The largest absolute Gasteiger partial charge is 0.489 e. The summed E-state index contributed by atoms with van der Waals surface area (Å²) in [6.07, 6.45) is 2.05. The van der Waals surface area contributed by atoms with Gasteiger partial charge in [0.1, 0.15) is 24.0 Å². The Morgan fingerprint density at radius 2 is 1.95 bits per heavy atom. The van der Waals surface area contributed by atoms with Gasteiger partial charge in [-0.25, -0.2) is 4.79 Å². The second kappa shape index (κ2) is 12.5. The number of ether oxygens (including phenoxy) is 1. The van der Waals surface area contributed by atoms with E-state index in [1.165, 1.54) is 16.9 Å². The summed E-state index contributed by atoms with van der Waals surface area (Å²) in [4.78, 5) is 32.5. The Hall–Kier alpha value is -3.60. The Balaban J connectivity index is 0.988. The highest BCUT2D eigenvalue weighted by Crippen LogP contribution is 2.23. The number of nitrogens with zero attached hydrogens (tertiary/aromatic N) is 1. The standard InChI is InChI=1S/C29H35N5O4S/c1-19-12-16-39-27(19)28(36)34-14-10-22(11-15-34)31-21-7-5-20(6-8-21)9-13-30-17-23(35)18-38-25-4-2-3-24-26(25)33-29(37)32-24/h2-8,12,16,22-23,30-31,35H,9-11,13-15,17-18H2,1H3,(H2,32,33,37)/t23-/m0/s1. The van der Waals surface area contributed by atoms with Gasteiger partial charge in [0, 0.05) is 31.4 Å². The van der Waals surface area contributed by atoms with Crippen LogP contribution in [0, 0.1) is 6.92 Å². The first-order valence-corrected chi connectivity index (χ1v) is 14.3. The fourth-order valence-electron chi connectivity index (χ4n) is 4.86. The molecule has 1 amide bonds. The van der Waals surface area contributed by atoms with Crippen LogP contribution < -0.4 is 21.1 Å². The van der Waals surface area contributed by atoms with Crippen LogP contribution in [0.15, 0.2) is 58.7 Å². The van der Waals surface area contributed by atoms with E-state index in [-0.39, 0.29) is 18.2 Å². The second-order valence-electron chi connectivity index (χ2n) is 10.0. The number of thiophene rings is 1. The van der Waals surface area contributed by atoms with E-state index in [1.54, 1.807) is 18.2 Å². The fraction of sp³-hybridized carbons (Fsp3) is 0.379. The molecule has 2 aromatic carbocycles. The van der Waals surface area contributed by atoms with Gasteiger partial charge in [0.05, 0.1) is 10.4 Å². The lowest BCUT2D eigenvalue weighted by Gasteiger charge is -2.33. The number of aliphatic hydroxyl groups is 1. The number of hydrogen-bond donors (Lipinski definition) is 5. The van der Waals surface area contributed by atoms with Crippen LogP contribution in [0.2, 0.25) is 0 Å². The second-order valence-corrected chi connectivity index (χ2v) is 10.9. The van der Waals surface area contributed by atoms with Crippen LogP contribution in [0.25, 0.3) is 11.0 Å². The monoisotopic (exact) mass is 549 g/mol. The number of piperidine rings is 1. The lowest BCUT2D eigenvalue weighted by Crippen LogP contribution is -2.42. The van der Waals surface area contributed by atoms with Crippen LogP contribution >= 0.6 is 11.3 Å². The Bertz CT molecular complexity index is 1440. The van der Waals surface area contributed by atoms with Gasteiger partial charge in [0.25, 0.3) is 5.91 Å². The third-order valence-electron chi connectivity index (χ3n) is 7.08. The quantitative estimate of drug-likeness (QED) is 0.183. The molecule has 1 aliphatic rings. The Morgan fingerprint density at radius 3 is 2.69 bits per heavy atom. The maximum atomic E-state index is 12.7. The number of anilines is 1. The van der Waals surface area contributed by atoms with Crippen molar-refractivity contribution in [3.8, 4) is 5.75 Å². The van der Waals surface area contributed by atoms with Crippen LogP contribution in [-0.4, -0.2) is 70.8 Å². The predicted molar refractivity (Wildman–Crippen MR) is 155 cm³/mol. The summed E-state index contributed by atoms with van der Waals surface area (Å²) in [5, 5.41) is 19.2. The Labute approximate surface area is 231 Å². The van der Waals surface area contributed by atoms with E-state index in [4.69, 9.17) is 4.74 Å². The van der Waals surface area contributed by atoms with E-state index >= 15 is 0 Å². The average Bonchev–Trinajstić information content (AvgIpc) is 3.55. The number of aliphatic hydroxyl groups excluding tert-OH is 1. The minimum absolute atomic E-state index is 0.125. The van der Waals surface area contributed by atoms with Crippen LogP contribution in [0.3, 0.4) is 0 Å². The molecule has 1 saturated heterocycles. The van der Waals surface area contributed by atoms with E-state index in [1.807, 2.05) is 23.3 Å². The zero-order chi connectivity index (χ0) is 27.2. The van der Waals surface area contributed by atoms with Crippen molar-refractivity contribution < 1.29 is 14.6 Å². The Morgan fingerprint density at radius 1 is 1.15 bits per heavy atom. The number of imidazole rings is 1. The van der Waals surface area contributed by atoms with E-state index in [0.717, 1.165) is 55.0 Å². The SMILES string of the molecule is Cc1ccsc1C(=O)N1CCC(Nc2ccc(CCNC[C@H](O)COc3cccc4[nH]c(=O)[nH]c34)cc2)CC1. The summed E-state index contributed by atoms with van der Waals surface area (Å²) in [5.74, 6) is 0.692. The van der Waals surface area contributed by atoms with E-state index in [2.05, 4.69) is 44.9 Å². The van der Waals surface area contributed by atoms with Crippen molar-refractivity contribution in [1.29, 1.82) is 0 Å². The van der Waals surface area contributed by atoms with Gasteiger partial charge in [-0.2, -0.15) is 0 Å². The van der Waals surface area contributed by atoms with Crippen molar-refractivity contribution in [3.63, 3.8) is 0 Å². The molecular weight excluding hydrogens is 514 g/mol. The van der Waals surface area contributed by atoms with E-state index in [9.17, 15) is 14.7 Å².